The van der Waals surface area contributed by atoms with Crippen LogP contribution in [0.3, 0.4) is 0 Å². The fourth-order valence-corrected chi connectivity index (χ4v) is 4.04. The van der Waals surface area contributed by atoms with Crippen LogP contribution in [0.5, 0.6) is 11.6 Å². The first-order chi connectivity index (χ1) is 15.3. The highest BCUT2D eigenvalue weighted by Crippen LogP contribution is 2.43. The molecule has 156 valence electrons. The summed E-state index contributed by atoms with van der Waals surface area (Å²) in [6.07, 6.45) is 2.34. The van der Waals surface area contributed by atoms with Crippen LogP contribution >= 0.6 is 11.8 Å². The Kier molecular flexibility index (Phi) is 5.34. The molecule has 0 saturated carbocycles. The van der Waals surface area contributed by atoms with E-state index in [1.807, 2.05) is 48.7 Å². The highest BCUT2D eigenvalue weighted by Gasteiger charge is 2.29. The number of anilines is 1. The number of benzene rings is 3. The fourth-order valence-electron chi connectivity index (χ4n) is 3.75. The summed E-state index contributed by atoms with van der Waals surface area (Å²) in [6.45, 7) is 2.73. The number of hydrogen-bond acceptors (Lipinski definition) is 7. The van der Waals surface area contributed by atoms with Gasteiger partial charge in [-0.15, -0.1) is 10.2 Å². The van der Waals surface area contributed by atoms with Crippen molar-refractivity contribution in [1.82, 2.24) is 15.2 Å². The Bertz CT molecular complexity index is 1250. The van der Waals surface area contributed by atoms with Gasteiger partial charge in [-0.2, -0.15) is 4.98 Å². The third-order valence-corrected chi connectivity index (χ3v) is 5.71. The minimum absolute atomic E-state index is 0.455. The van der Waals surface area contributed by atoms with Gasteiger partial charge in [-0.25, -0.2) is 0 Å². The summed E-state index contributed by atoms with van der Waals surface area (Å²) in [6, 6.07) is 20.3. The van der Waals surface area contributed by atoms with Gasteiger partial charge < -0.3 is 14.8 Å². The van der Waals surface area contributed by atoms with Gasteiger partial charge in [0.15, 0.2) is 5.69 Å². The lowest BCUT2D eigenvalue weighted by atomic mass is 10.0. The average Bonchev–Trinajstić information content (AvgIpc) is 2.98. The van der Waals surface area contributed by atoms with Gasteiger partial charge >= 0.3 is 0 Å². The second kappa shape index (κ2) is 8.43. The molecule has 0 spiro atoms. The monoisotopic (exact) mass is 430 g/mol. The number of fused-ring (bicyclic) bond motifs is 4. The molecule has 0 fully saturated rings. The second-order valence-electron chi connectivity index (χ2n) is 7.19. The van der Waals surface area contributed by atoms with Gasteiger partial charge in [-0.1, -0.05) is 67.2 Å². The predicted molar refractivity (Wildman–Crippen MR) is 124 cm³/mol. The molecule has 1 aliphatic heterocycles. The van der Waals surface area contributed by atoms with E-state index in [4.69, 9.17) is 9.47 Å². The summed E-state index contributed by atoms with van der Waals surface area (Å²) < 4.78 is 12.6. The molecule has 4 aromatic rings. The van der Waals surface area contributed by atoms with E-state index in [1.54, 1.807) is 0 Å². The normalized spacial score (nSPS) is 14.7. The van der Waals surface area contributed by atoms with E-state index >= 15 is 0 Å². The molecule has 1 aliphatic rings. The molecule has 7 heteroatoms. The second-order valence-corrected chi connectivity index (χ2v) is 7.96. The molecule has 31 heavy (non-hydrogen) atoms. The minimum Gasteiger partial charge on any atom is -0.493 e. The molecule has 0 bridgehead atoms. The zero-order valence-corrected chi connectivity index (χ0v) is 18.1. The standard InChI is InChI=1S/C24H22N4O2S/c1-3-14-29-19-13-12-15-8-4-5-9-16(15)20(19)22-25-18-11-7-6-10-17(18)21-23(30-22)26-24(31-2)28-27-21/h4-13,22,25H,3,14H2,1-2H3. The molecule has 6 nitrogen and oxygen atoms in total. The van der Waals surface area contributed by atoms with Crippen molar-refractivity contribution >= 4 is 28.2 Å². The lowest BCUT2D eigenvalue weighted by Crippen LogP contribution is -2.19. The maximum Gasteiger partial charge on any atom is 0.247 e. The molecular weight excluding hydrogens is 408 g/mol. The van der Waals surface area contributed by atoms with Gasteiger partial charge in [0.2, 0.25) is 17.3 Å². The van der Waals surface area contributed by atoms with Crippen LogP contribution < -0.4 is 14.8 Å². The highest BCUT2D eigenvalue weighted by molar-refractivity contribution is 7.98. The van der Waals surface area contributed by atoms with Crippen LogP contribution in [0.15, 0.2) is 65.8 Å². The summed E-state index contributed by atoms with van der Waals surface area (Å²) in [5, 5.41) is 15.0. The van der Waals surface area contributed by atoms with E-state index in [1.165, 1.54) is 11.8 Å². The summed E-state index contributed by atoms with van der Waals surface area (Å²) in [7, 11) is 0. The van der Waals surface area contributed by atoms with E-state index < -0.39 is 6.23 Å². The molecular formula is C24H22N4O2S. The Labute approximate surface area is 185 Å². The van der Waals surface area contributed by atoms with Gasteiger partial charge in [0, 0.05) is 11.3 Å². The van der Waals surface area contributed by atoms with E-state index in [-0.39, 0.29) is 0 Å². The first-order valence-corrected chi connectivity index (χ1v) is 11.5. The summed E-state index contributed by atoms with van der Waals surface area (Å²) in [4.78, 5) is 4.62. The number of thioether (sulfide) groups is 1. The zero-order valence-electron chi connectivity index (χ0n) is 17.3. The summed E-state index contributed by atoms with van der Waals surface area (Å²) >= 11 is 1.43. The number of hydrogen-bond donors (Lipinski definition) is 1. The first-order valence-electron chi connectivity index (χ1n) is 10.2. The number of nitrogens with zero attached hydrogens (tertiary/aromatic N) is 3. The van der Waals surface area contributed by atoms with Crippen molar-refractivity contribution in [3.63, 3.8) is 0 Å². The van der Waals surface area contributed by atoms with Crippen molar-refractivity contribution in [2.45, 2.75) is 24.7 Å². The Balaban J connectivity index is 1.71. The number of ether oxygens (including phenoxy) is 2. The minimum atomic E-state index is -0.508. The average molecular weight is 431 g/mol. The first kappa shape index (κ1) is 19.6. The maximum atomic E-state index is 6.48. The van der Waals surface area contributed by atoms with E-state index in [0.29, 0.717) is 23.3 Å². The third kappa shape index (κ3) is 3.65. The van der Waals surface area contributed by atoms with Crippen molar-refractivity contribution in [3.05, 3.63) is 66.2 Å². The lowest BCUT2D eigenvalue weighted by molar-refractivity contribution is 0.217. The lowest BCUT2D eigenvalue weighted by Gasteiger charge is -2.23. The topological polar surface area (TPSA) is 69.2 Å². The van der Waals surface area contributed by atoms with Crippen molar-refractivity contribution in [1.29, 1.82) is 0 Å². The Hall–Kier alpha value is -3.32. The molecule has 1 unspecified atom stereocenters. The number of para-hydroxylation sites is 1. The van der Waals surface area contributed by atoms with E-state index in [0.717, 1.165) is 39.8 Å². The van der Waals surface area contributed by atoms with Crippen molar-refractivity contribution in [2.24, 2.45) is 0 Å². The van der Waals surface area contributed by atoms with E-state index in [9.17, 15) is 0 Å². The Morgan fingerprint density at radius 1 is 1.03 bits per heavy atom. The highest BCUT2D eigenvalue weighted by atomic mass is 32.2. The van der Waals surface area contributed by atoms with Crippen molar-refractivity contribution < 1.29 is 9.47 Å². The van der Waals surface area contributed by atoms with Crippen LogP contribution in [-0.2, 0) is 0 Å². The summed E-state index contributed by atoms with van der Waals surface area (Å²) in [5.41, 5.74) is 3.38. The molecule has 0 saturated heterocycles. The molecule has 1 atom stereocenters. The van der Waals surface area contributed by atoms with Crippen molar-refractivity contribution in [3.8, 4) is 22.9 Å². The van der Waals surface area contributed by atoms with Crippen LogP contribution in [0.1, 0.15) is 25.1 Å². The van der Waals surface area contributed by atoms with Crippen LogP contribution in [0.25, 0.3) is 22.0 Å². The molecule has 0 aliphatic carbocycles. The maximum absolute atomic E-state index is 6.48. The molecule has 3 aromatic carbocycles. The van der Waals surface area contributed by atoms with Gasteiger partial charge in [-0.3, -0.25) is 0 Å². The van der Waals surface area contributed by atoms with Gasteiger partial charge in [0.1, 0.15) is 5.75 Å². The Morgan fingerprint density at radius 2 is 1.87 bits per heavy atom. The van der Waals surface area contributed by atoms with Gasteiger partial charge in [-0.05, 0) is 35.6 Å². The molecule has 5 rings (SSSR count). The molecule has 0 radical (unpaired) electrons. The van der Waals surface area contributed by atoms with Crippen LogP contribution in [0.4, 0.5) is 5.69 Å². The molecule has 1 N–H and O–H groups in total. The smallest absolute Gasteiger partial charge is 0.247 e. The molecule has 2 heterocycles. The van der Waals surface area contributed by atoms with Crippen molar-refractivity contribution in [2.75, 3.05) is 18.2 Å². The number of aromatic nitrogens is 3. The van der Waals surface area contributed by atoms with Gasteiger partial charge in [0.25, 0.3) is 0 Å². The predicted octanol–water partition coefficient (Wildman–Crippen LogP) is 5.71. The quantitative estimate of drug-likeness (QED) is 0.407. The third-order valence-electron chi connectivity index (χ3n) is 5.17. The summed E-state index contributed by atoms with van der Waals surface area (Å²) in [5.74, 6) is 1.25. The van der Waals surface area contributed by atoms with Crippen LogP contribution in [0.2, 0.25) is 0 Å². The largest absolute Gasteiger partial charge is 0.493 e. The number of rotatable bonds is 5. The SMILES string of the molecule is CCCOc1ccc2ccccc2c1C1Nc2ccccc2-c2nnc(SC)nc2O1. The van der Waals surface area contributed by atoms with E-state index in [2.05, 4.69) is 45.6 Å². The number of nitrogens with one attached hydrogen (secondary N) is 1. The van der Waals surface area contributed by atoms with Crippen LogP contribution in [0, 0.1) is 0 Å². The molecule has 0 amide bonds. The Morgan fingerprint density at radius 3 is 2.74 bits per heavy atom. The molecule has 1 aromatic heterocycles. The van der Waals surface area contributed by atoms with Gasteiger partial charge in [0.05, 0.1) is 12.2 Å². The zero-order chi connectivity index (χ0) is 21.2. The fraction of sp³-hybridized carbons (Fsp3) is 0.208. The van der Waals surface area contributed by atoms with Crippen LogP contribution in [-0.4, -0.2) is 28.0 Å².